The van der Waals surface area contributed by atoms with Gasteiger partial charge in [0.2, 0.25) is 15.9 Å². The molecule has 2 aromatic carbocycles. The van der Waals surface area contributed by atoms with Crippen molar-refractivity contribution in [1.82, 2.24) is 9.62 Å². The molecule has 0 unspecified atom stereocenters. The Bertz CT molecular complexity index is 955. The molecule has 1 aliphatic heterocycles. The highest BCUT2D eigenvalue weighted by Gasteiger charge is 2.31. The second kappa shape index (κ2) is 10.4. The number of nitrogens with zero attached hydrogens (tertiary/aromatic N) is 1. The molecule has 1 aliphatic rings. The first-order chi connectivity index (χ1) is 14.4. The number of amides is 1. The summed E-state index contributed by atoms with van der Waals surface area (Å²) in [7, 11) is -3.40. The van der Waals surface area contributed by atoms with Crippen LogP contribution in [-0.4, -0.2) is 38.3 Å². The minimum absolute atomic E-state index is 0.0204. The van der Waals surface area contributed by atoms with E-state index in [4.69, 9.17) is 4.74 Å². The van der Waals surface area contributed by atoms with Crippen molar-refractivity contribution in [2.24, 2.45) is 5.92 Å². The highest BCUT2D eigenvalue weighted by Crippen LogP contribution is 2.23. The van der Waals surface area contributed by atoms with Crippen molar-refractivity contribution < 1.29 is 17.9 Å². The Labute approximate surface area is 186 Å². The fourth-order valence-electron chi connectivity index (χ4n) is 3.53. The maximum Gasteiger partial charge on any atom is 0.223 e. The Kier molecular flexibility index (Phi) is 7.91. The van der Waals surface area contributed by atoms with Crippen molar-refractivity contribution in [1.29, 1.82) is 0 Å². The standard InChI is InChI=1S/C22H27BrN2O4S/c1-2-29-21-8-6-17(7-9-21)15-24-22(26)19-10-12-25(13-11-19)30(27,28)16-18-4-3-5-20(23)14-18/h3-9,14,19H,2,10-13,15-16H2,1H3,(H,24,26). The van der Waals surface area contributed by atoms with Gasteiger partial charge in [0.25, 0.3) is 0 Å². The molecule has 30 heavy (non-hydrogen) atoms. The zero-order chi connectivity index (χ0) is 21.6. The molecule has 0 bridgehead atoms. The zero-order valence-corrected chi connectivity index (χ0v) is 19.4. The van der Waals surface area contributed by atoms with E-state index >= 15 is 0 Å². The number of nitrogens with one attached hydrogen (secondary N) is 1. The topological polar surface area (TPSA) is 75.7 Å². The van der Waals surface area contributed by atoms with Crippen LogP contribution in [0.3, 0.4) is 0 Å². The molecule has 0 aliphatic carbocycles. The molecule has 6 nitrogen and oxygen atoms in total. The van der Waals surface area contributed by atoms with E-state index in [2.05, 4.69) is 21.2 Å². The molecule has 1 heterocycles. The zero-order valence-electron chi connectivity index (χ0n) is 17.0. The van der Waals surface area contributed by atoms with Crippen LogP contribution in [0.25, 0.3) is 0 Å². The van der Waals surface area contributed by atoms with E-state index in [9.17, 15) is 13.2 Å². The number of halogens is 1. The molecular weight excluding hydrogens is 468 g/mol. The van der Waals surface area contributed by atoms with Gasteiger partial charge in [0.15, 0.2) is 0 Å². The van der Waals surface area contributed by atoms with Crippen LogP contribution in [0, 0.1) is 5.92 Å². The molecule has 0 radical (unpaired) electrons. The monoisotopic (exact) mass is 494 g/mol. The third kappa shape index (κ3) is 6.30. The molecule has 0 spiro atoms. The largest absolute Gasteiger partial charge is 0.494 e. The summed E-state index contributed by atoms with van der Waals surface area (Å²) in [6.07, 6.45) is 1.07. The lowest BCUT2D eigenvalue weighted by Gasteiger charge is -2.30. The van der Waals surface area contributed by atoms with Gasteiger partial charge in [0, 0.05) is 30.0 Å². The molecule has 162 valence electrons. The van der Waals surface area contributed by atoms with Gasteiger partial charge in [-0.3, -0.25) is 4.79 Å². The van der Waals surface area contributed by atoms with Crippen molar-refractivity contribution in [2.75, 3.05) is 19.7 Å². The highest BCUT2D eigenvalue weighted by atomic mass is 79.9. The van der Waals surface area contributed by atoms with Crippen LogP contribution in [0.5, 0.6) is 5.75 Å². The van der Waals surface area contributed by atoms with Crippen molar-refractivity contribution in [3.63, 3.8) is 0 Å². The van der Waals surface area contributed by atoms with Crippen LogP contribution in [-0.2, 0) is 27.1 Å². The van der Waals surface area contributed by atoms with Crippen LogP contribution < -0.4 is 10.1 Å². The van der Waals surface area contributed by atoms with Crippen LogP contribution in [0.1, 0.15) is 30.9 Å². The van der Waals surface area contributed by atoms with E-state index in [1.54, 1.807) is 0 Å². The quantitative estimate of drug-likeness (QED) is 0.606. The Morgan fingerprint density at radius 1 is 1.13 bits per heavy atom. The summed E-state index contributed by atoms with van der Waals surface area (Å²) in [6, 6.07) is 15.0. The summed E-state index contributed by atoms with van der Waals surface area (Å²) in [5.41, 5.74) is 1.75. The predicted octanol–water partition coefficient (Wildman–Crippen LogP) is 3.71. The molecule has 0 saturated carbocycles. The van der Waals surface area contributed by atoms with E-state index in [0.29, 0.717) is 39.1 Å². The van der Waals surface area contributed by atoms with E-state index < -0.39 is 10.0 Å². The average molecular weight is 495 g/mol. The van der Waals surface area contributed by atoms with Crippen LogP contribution in [0.15, 0.2) is 53.0 Å². The fraction of sp³-hybridized carbons (Fsp3) is 0.409. The summed E-state index contributed by atoms with van der Waals surface area (Å²) >= 11 is 3.37. The van der Waals surface area contributed by atoms with Gasteiger partial charge in [-0.15, -0.1) is 0 Å². The minimum atomic E-state index is -3.40. The first-order valence-corrected chi connectivity index (χ1v) is 12.5. The Balaban J connectivity index is 1.47. The lowest BCUT2D eigenvalue weighted by Crippen LogP contribution is -2.43. The van der Waals surface area contributed by atoms with Gasteiger partial charge >= 0.3 is 0 Å². The summed E-state index contributed by atoms with van der Waals surface area (Å²) < 4.78 is 33.2. The number of hydrogen-bond donors (Lipinski definition) is 1. The molecule has 3 rings (SSSR count). The Morgan fingerprint density at radius 3 is 2.47 bits per heavy atom. The number of rotatable bonds is 8. The molecule has 2 aromatic rings. The third-order valence-electron chi connectivity index (χ3n) is 5.16. The molecule has 8 heteroatoms. The van der Waals surface area contributed by atoms with Crippen molar-refractivity contribution in [3.05, 3.63) is 64.1 Å². The van der Waals surface area contributed by atoms with Crippen molar-refractivity contribution in [2.45, 2.75) is 32.1 Å². The summed E-state index contributed by atoms with van der Waals surface area (Å²) in [5, 5.41) is 2.97. The number of benzene rings is 2. The Hall–Kier alpha value is -1.90. The molecule has 1 N–H and O–H groups in total. The SMILES string of the molecule is CCOc1ccc(CNC(=O)C2CCN(S(=O)(=O)Cc3cccc(Br)c3)CC2)cc1. The molecule has 1 amide bonds. The first-order valence-electron chi connectivity index (χ1n) is 10.1. The van der Waals surface area contributed by atoms with Gasteiger partial charge in [-0.1, -0.05) is 40.2 Å². The smallest absolute Gasteiger partial charge is 0.223 e. The van der Waals surface area contributed by atoms with Gasteiger partial charge in [0.1, 0.15) is 5.75 Å². The van der Waals surface area contributed by atoms with Gasteiger partial charge in [0.05, 0.1) is 12.4 Å². The molecule has 1 fully saturated rings. The van der Waals surface area contributed by atoms with Gasteiger partial charge in [-0.25, -0.2) is 12.7 Å². The lowest BCUT2D eigenvalue weighted by atomic mass is 9.97. The Morgan fingerprint density at radius 2 is 1.83 bits per heavy atom. The van der Waals surface area contributed by atoms with E-state index in [1.165, 1.54) is 4.31 Å². The number of carbonyl (C=O) groups is 1. The highest BCUT2D eigenvalue weighted by molar-refractivity contribution is 9.10. The van der Waals surface area contributed by atoms with Crippen LogP contribution in [0.2, 0.25) is 0 Å². The van der Waals surface area contributed by atoms with Gasteiger partial charge in [-0.05, 0) is 55.2 Å². The van der Waals surface area contributed by atoms with Gasteiger partial charge < -0.3 is 10.1 Å². The normalized spacial score (nSPS) is 15.7. The first kappa shape index (κ1) is 22.8. The molecule has 0 aromatic heterocycles. The van der Waals surface area contributed by atoms with Crippen LogP contribution in [0.4, 0.5) is 0 Å². The molecule has 0 atom stereocenters. The number of sulfonamides is 1. The summed E-state index contributed by atoms with van der Waals surface area (Å²) in [4.78, 5) is 12.5. The van der Waals surface area contributed by atoms with E-state index in [-0.39, 0.29) is 17.6 Å². The number of ether oxygens (including phenoxy) is 1. The summed E-state index contributed by atoms with van der Waals surface area (Å²) in [5.74, 6) is 0.600. The lowest BCUT2D eigenvalue weighted by molar-refractivity contribution is -0.126. The maximum absolute atomic E-state index is 12.7. The van der Waals surface area contributed by atoms with E-state index in [0.717, 1.165) is 21.3 Å². The van der Waals surface area contributed by atoms with Crippen molar-refractivity contribution in [3.8, 4) is 5.75 Å². The molecule has 1 saturated heterocycles. The van der Waals surface area contributed by atoms with Crippen LogP contribution >= 0.6 is 15.9 Å². The fourth-order valence-corrected chi connectivity index (χ4v) is 5.53. The average Bonchev–Trinajstić information content (AvgIpc) is 2.73. The number of carbonyl (C=O) groups excluding carboxylic acids is 1. The molecular formula is C22H27BrN2O4S. The van der Waals surface area contributed by atoms with Gasteiger partial charge in [-0.2, -0.15) is 0 Å². The minimum Gasteiger partial charge on any atom is -0.494 e. The second-order valence-electron chi connectivity index (χ2n) is 7.35. The van der Waals surface area contributed by atoms with Crippen molar-refractivity contribution >= 4 is 31.9 Å². The maximum atomic E-state index is 12.7. The van der Waals surface area contributed by atoms with E-state index in [1.807, 2.05) is 55.5 Å². The predicted molar refractivity (Wildman–Crippen MR) is 121 cm³/mol. The second-order valence-corrected chi connectivity index (χ2v) is 10.2. The summed E-state index contributed by atoms with van der Waals surface area (Å²) in [6.45, 7) is 3.75. The third-order valence-corrected chi connectivity index (χ3v) is 7.50. The number of piperidine rings is 1. The number of hydrogen-bond acceptors (Lipinski definition) is 4.